The maximum absolute atomic E-state index is 11.8. The highest BCUT2D eigenvalue weighted by molar-refractivity contribution is 5.85. The van der Waals surface area contributed by atoms with Crippen molar-refractivity contribution in [1.29, 1.82) is 0 Å². The van der Waals surface area contributed by atoms with Crippen LogP contribution >= 0.6 is 12.4 Å². The predicted molar refractivity (Wildman–Crippen MR) is 64.4 cm³/mol. The van der Waals surface area contributed by atoms with Gasteiger partial charge in [-0.15, -0.1) is 12.4 Å². The van der Waals surface area contributed by atoms with Gasteiger partial charge < -0.3 is 10.6 Å². The van der Waals surface area contributed by atoms with Gasteiger partial charge in [-0.3, -0.25) is 9.78 Å². The lowest BCUT2D eigenvalue weighted by Crippen LogP contribution is -2.32. The van der Waals surface area contributed by atoms with Crippen molar-refractivity contribution in [2.24, 2.45) is 5.73 Å². The van der Waals surface area contributed by atoms with Gasteiger partial charge in [-0.1, -0.05) is 6.07 Å². The van der Waals surface area contributed by atoms with Crippen LogP contribution in [0.4, 0.5) is 0 Å². The van der Waals surface area contributed by atoms with Crippen LogP contribution in [0, 0.1) is 0 Å². The smallest absolute Gasteiger partial charge is 0.227 e. The second kappa shape index (κ2) is 5.82. The lowest BCUT2D eigenvalue weighted by molar-refractivity contribution is -0.129. The van der Waals surface area contributed by atoms with Gasteiger partial charge in [-0.05, 0) is 18.1 Å². The summed E-state index contributed by atoms with van der Waals surface area (Å²) < 4.78 is 0. The van der Waals surface area contributed by atoms with E-state index < -0.39 is 0 Å². The Bertz CT molecular complexity index is 344. The van der Waals surface area contributed by atoms with Crippen LogP contribution in [0.2, 0.25) is 0 Å². The molecule has 1 fully saturated rings. The van der Waals surface area contributed by atoms with Crippen molar-refractivity contribution in [2.45, 2.75) is 18.9 Å². The summed E-state index contributed by atoms with van der Waals surface area (Å²) in [4.78, 5) is 17.6. The molecule has 5 heteroatoms. The second-order valence-corrected chi connectivity index (χ2v) is 3.93. The topological polar surface area (TPSA) is 59.2 Å². The van der Waals surface area contributed by atoms with E-state index in [-0.39, 0.29) is 24.4 Å². The van der Waals surface area contributed by atoms with Gasteiger partial charge in [0.1, 0.15) is 0 Å². The molecule has 0 aliphatic carbocycles. The first-order valence-electron chi connectivity index (χ1n) is 5.18. The Balaban J connectivity index is 0.00000128. The molecular weight excluding hydrogens is 226 g/mol. The summed E-state index contributed by atoms with van der Waals surface area (Å²) in [5, 5.41) is 0. The van der Waals surface area contributed by atoms with E-state index in [2.05, 4.69) is 4.98 Å². The van der Waals surface area contributed by atoms with Crippen molar-refractivity contribution in [3.05, 3.63) is 30.1 Å². The molecule has 4 nitrogen and oxygen atoms in total. The van der Waals surface area contributed by atoms with Crippen molar-refractivity contribution in [1.82, 2.24) is 9.88 Å². The van der Waals surface area contributed by atoms with Gasteiger partial charge in [0.2, 0.25) is 5.91 Å². The van der Waals surface area contributed by atoms with Crippen LogP contribution in [-0.4, -0.2) is 34.9 Å². The summed E-state index contributed by atoms with van der Waals surface area (Å²) in [5.74, 6) is 0.149. The molecule has 0 saturated carbocycles. The van der Waals surface area contributed by atoms with Gasteiger partial charge in [-0.2, -0.15) is 0 Å². The molecule has 16 heavy (non-hydrogen) atoms. The van der Waals surface area contributed by atoms with Crippen molar-refractivity contribution in [2.75, 3.05) is 13.1 Å². The minimum absolute atomic E-state index is 0. The molecule has 0 radical (unpaired) electrons. The zero-order chi connectivity index (χ0) is 10.7. The Morgan fingerprint density at radius 2 is 2.44 bits per heavy atom. The fourth-order valence-corrected chi connectivity index (χ4v) is 1.80. The third kappa shape index (κ3) is 3.18. The molecule has 2 N–H and O–H groups in total. The van der Waals surface area contributed by atoms with E-state index in [0.717, 1.165) is 18.5 Å². The number of carbonyl (C=O) groups is 1. The van der Waals surface area contributed by atoms with E-state index in [1.165, 1.54) is 0 Å². The zero-order valence-corrected chi connectivity index (χ0v) is 9.82. The molecule has 0 aromatic carbocycles. The van der Waals surface area contributed by atoms with Crippen molar-refractivity contribution < 1.29 is 4.79 Å². The number of nitrogens with two attached hydrogens (primary N) is 1. The Labute approximate surface area is 101 Å². The van der Waals surface area contributed by atoms with E-state index in [1.807, 2.05) is 17.0 Å². The molecular formula is C11H16ClN3O. The minimum atomic E-state index is 0. The lowest BCUT2D eigenvalue weighted by atomic mass is 10.2. The Hall–Kier alpha value is -1.13. The molecule has 88 valence electrons. The second-order valence-electron chi connectivity index (χ2n) is 3.93. The number of nitrogens with zero attached hydrogens (tertiary/aromatic N) is 2. The number of halogens is 1. The molecule has 1 unspecified atom stereocenters. The highest BCUT2D eigenvalue weighted by Gasteiger charge is 2.23. The lowest BCUT2D eigenvalue weighted by Gasteiger charge is -2.15. The van der Waals surface area contributed by atoms with Gasteiger partial charge in [0.05, 0.1) is 6.42 Å². The summed E-state index contributed by atoms with van der Waals surface area (Å²) in [7, 11) is 0. The van der Waals surface area contributed by atoms with Crippen LogP contribution in [0.25, 0.3) is 0 Å². The molecule has 1 aromatic rings. The molecule has 2 heterocycles. The van der Waals surface area contributed by atoms with Crippen LogP contribution in [0.1, 0.15) is 12.0 Å². The Morgan fingerprint density at radius 3 is 3.00 bits per heavy atom. The van der Waals surface area contributed by atoms with E-state index in [9.17, 15) is 4.79 Å². The molecule has 1 amide bonds. The van der Waals surface area contributed by atoms with E-state index >= 15 is 0 Å². The molecule has 1 saturated heterocycles. The van der Waals surface area contributed by atoms with Gasteiger partial charge in [0.15, 0.2) is 0 Å². The average Bonchev–Trinajstić information content (AvgIpc) is 2.66. The van der Waals surface area contributed by atoms with Crippen LogP contribution in [0.3, 0.4) is 0 Å². The van der Waals surface area contributed by atoms with Gasteiger partial charge in [0.25, 0.3) is 0 Å². The average molecular weight is 242 g/mol. The molecule has 0 spiro atoms. The Morgan fingerprint density at radius 1 is 1.62 bits per heavy atom. The summed E-state index contributed by atoms with van der Waals surface area (Å²) >= 11 is 0. The summed E-state index contributed by atoms with van der Waals surface area (Å²) in [5.41, 5.74) is 6.71. The summed E-state index contributed by atoms with van der Waals surface area (Å²) in [6, 6.07) is 3.92. The third-order valence-corrected chi connectivity index (χ3v) is 2.66. The largest absolute Gasteiger partial charge is 0.341 e. The molecule has 1 aliphatic heterocycles. The molecule has 1 aromatic heterocycles. The SMILES string of the molecule is Cl.NC1CCN(C(=O)Cc2cccnc2)C1. The minimum Gasteiger partial charge on any atom is -0.341 e. The van der Waals surface area contributed by atoms with Crippen molar-refractivity contribution in [3.8, 4) is 0 Å². The highest BCUT2D eigenvalue weighted by atomic mass is 35.5. The number of hydrogen-bond donors (Lipinski definition) is 1. The van der Waals surface area contributed by atoms with Gasteiger partial charge in [0, 0.05) is 31.5 Å². The van der Waals surface area contributed by atoms with Gasteiger partial charge >= 0.3 is 0 Å². The predicted octanol–water partition coefficient (Wildman–Crippen LogP) is 0.605. The maximum Gasteiger partial charge on any atom is 0.227 e. The summed E-state index contributed by atoms with van der Waals surface area (Å²) in [6.07, 6.45) is 4.78. The number of rotatable bonds is 2. The van der Waals surface area contributed by atoms with Crippen LogP contribution in [-0.2, 0) is 11.2 Å². The fourth-order valence-electron chi connectivity index (χ4n) is 1.80. The number of hydrogen-bond acceptors (Lipinski definition) is 3. The van der Waals surface area contributed by atoms with Crippen molar-refractivity contribution in [3.63, 3.8) is 0 Å². The monoisotopic (exact) mass is 241 g/mol. The summed E-state index contributed by atoms with van der Waals surface area (Å²) in [6.45, 7) is 1.49. The third-order valence-electron chi connectivity index (χ3n) is 2.66. The van der Waals surface area contributed by atoms with E-state index in [0.29, 0.717) is 13.0 Å². The normalized spacial score (nSPS) is 19.3. The van der Waals surface area contributed by atoms with Gasteiger partial charge in [-0.25, -0.2) is 0 Å². The molecule has 1 atom stereocenters. The van der Waals surface area contributed by atoms with E-state index in [1.54, 1.807) is 12.4 Å². The van der Waals surface area contributed by atoms with Crippen LogP contribution in [0.15, 0.2) is 24.5 Å². The number of aromatic nitrogens is 1. The number of amides is 1. The van der Waals surface area contributed by atoms with Crippen molar-refractivity contribution >= 4 is 18.3 Å². The maximum atomic E-state index is 11.8. The molecule has 1 aliphatic rings. The number of likely N-dealkylation sites (tertiary alicyclic amines) is 1. The van der Waals surface area contributed by atoms with Crippen LogP contribution in [0.5, 0.6) is 0 Å². The molecule has 2 rings (SSSR count). The first-order valence-corrected chi connectivity index (χ1v) is 5.18. The highest BCUT2D eigenvalue weighted by Crippen LogP contribution is 2.09. The fraction of sp³-hybridized carbons (Fsp3) is 0.455. The number of carbonyl (C=O) groups excluding carboxylic acids is 1. The quantitative estimate of drug-likeness (QED) is 0.825. The Kier molecular flexibility index (Phi) is 4.71. The number of pyridine rings is 1. The van der Waals surface area contributed by atoms with E-state index in [4.69, 9.17) is 5.73 Å². The zero-order valence-electron chi connectivity index (χ0n) is 9.00. The first kappa shape index (κ1) is 12.9. The van der Waals surface area contributed by atoms with Crippen LogP contribution < -0.4 is 5.73 Å². The molecule has 0 bridgehead atoms. The standard InChI is InChI=1S/C11H15N3O.ClH/c12-10-3-5-14(8-10)11(15)6-9-2-1-4-13-7-9;/h1-2,4,7,10H,3,5-6,8,12H2;1H. The first-order chi connectivity index (χ1) is 7.25.